The van der Waals surface area contributed by atoms with Gasteiger partial charge in [0, 0.05) is 60.7 Å². The van der Waals surface area contributed by atoms with Gasteiger partial charge in [0.1, 0.15) is 11.6 Å². The first kappa shape index (κ1) is 20.7. The minimum Gasteiger partial charge on any atom is -0.496 e. The Kier molecular flexibility index (Phi) is 5.75. The second-order valence-electron chi connectivity index (χ2n) is 7.45. The van der Waals surface area contributed by atoms with Gasteiger partial charge in [0.15, 0.2) is 0 Å². The summed E-state index contributed by atoms with van der Waals surface area (Å²) in [5.74, 6) is 1.21. The number of anilines is 1. The van der Waals surface area contributed by atoms with Crippen molar-refractivity contribution in [2.75, 3.05) is 25.1 Å². The molecule has 0 bridgehead atoms. The maximum atomic E-state index is 12.8. The molecular weight excluding hydrogens is 390 g/mol. The van der Waals surface area contributed by atoms with E-state index in [2.05, 4.69) is 29.2 Å². The fourth-order valence-electron chi connectivity index (χ4n) is 3.93. The van der Waals surface area contributed by atoms with Crippen LogP contribution in [-0.4, -0.2) is 41.7 Å². The van der Waals surface area contributed by atoms with Crippen LogP contribution in [0, 0.1) is 0 Å². The number of methoxy groups -OCH3 is 1. The van der Waals surface area contributed by atoms with Gasteiger partial charge in [-0.15, -0.1) is 0 Å². The molecule has 0 aliphatic carbocycles. The minimum atomic E-state index is -0.167. The molecule has 31 heavy (non-hydrogen) atoms. The van der Waals surface area contributed by atoms with Crippen LogP contribution < -0.4 is 15.0 Å². The highest BCUT2D eigenvalue weighted by Gasteiger charge is 2.24. The topological polar surface area (TPSA) is 71.8 Å². The van der Waals surface area contributed by atoms with Crippen molar-refractivity contribution < 1.29 is 9.53 Å². The molecule has 2 heterocycles. The fraction of sp³-hybridized carbons (Fsp3) is 0.292. The molecule has 0 saturated carbocycles. The van der Waals surface area contributed by atoms with Crippen LogP contribution in [0.2, 0.25) is 0 Å². The molecule has 0 radical (unpaired) electrons. The van der Waals surface area contributed by atoms with Crippen molar-refractivity contribution in [2.24, 2.45) is 12.0 Å². The lowest BCUT2D eigenvalue weighted by Gasteiger charge is -2.21. The number of carbonyl (C=O) groups is 1. The van der Waals surface area contributed by atoms with E-state index in [0.29, 0.717) is 17.8 Å². The van der Waals surface area contributed by atoms with Gasteiger partial charge in [-0.3, -0.25) is 9.48 Å². The van der Waals surface area contributed by atoms with Crippen LogP contribution >= 0.6 is 0 Å². The zero-order chi connectivity index (χ0) is 22.0. The first-order valence-corrected chi connectivity index (χ1v) is 10.5. The van der Waals surface area contributed by atoms with E-state index in [1.165, 1.54) is 0 Å². The third-order valence-electron chi connectivity index (χ3n) is 5.58. The lowest BCUT2D eigenvalue weighted by molar-refractivity contribution is 0.0976. The van der Waals surface area contributed by atoms with Gasteiger partial charge in [-0.25, -0.2) is 4.99 Å². The van der Waals surface area contributed by atoms with Crippen LogP contribution in [0.25, 0.3) is 11.1 Å². The van der Waals surface area contributed by atoms with Crippen molar-refractivity contribution in [1.82, 2.24) is 15.1 Å². The lowest BCUT2D eigenvalue weighted by Crippen LogP contribution is -2.30. The van der Waals surface area contributed by atoms with E-state index in [-0.39, 0.29) is 5.91 Å². The molecule has 0 unspecified atom stereocenters. The number of nitrogens with zero attached hydrogens (tertiary/aromatic N) is 4. The van der Waals surface area contributed by atoms with Gasteiger partial charge < -0.3 is 15.0 Å². The molecule has 1 aromatic heterocycles. The van der Waals surface area contributed by atoms with E-state index in [1.807, 2.05) is 55.8 Å². The van der Waals surface area contributed by atoms with E-state index >= 15 is 0 Å². The first-order valence-electron chi connectivity index (χ1n) is 10.5. The number of rotatable bonds is 6. The normalized spacial score (nSPS) is 12.3. The summed E-state index contributed by atoms with van der Waals surface area (Å²) in [6, 6.07) is 11.6. The Labute approximate surface area is 182 Å². The molecule has 1 N–H and O–H groups in total. The third-order valence-corrected chi connectivity index (χ3v) is 5.58. The monoisotopic (exact) mass is 417 g/mol. The Morgan fingerprint density at radius 2 is 1.90 bits per heavy atom. The molecule has 0 saturated heterocycles. The van der Waals surface area contributed by atoms with Gasteiger partial charge in [0.25, 0.3) is 5.91 Å². The molecule has 0 fully saturated rings. The molecule has 0 atom stereocenters. The molecule has 7 heteroatoms. The minimum absolute atomic E-state index is 0.167. The quantitative estimate of drug-likeness (QED) is 0.659. The van der Waals surface area contributed by atoms with E-state index in [1.54, 1.807) is 11.8 Å². The van der Waals surface area contributed by atoms with Crippen LogP contribution in [0.3, 0.4) is 0 Å². The molecule has 2 aromatic carbocycles. The Morgan fingerprint density at radius 1 is 1.16 bits per heavy atom. The molecular formula is C24H27N5O2. The highest BCUT2D eigenvalue weighted by molar-refractivity contribution is 6.10. The molecule has 4 rings (SSSR count). The van der Waals surface area contributed by atoms with Gasteiger partial charge >= 0.3 is 0 Å². The van der Waals surface area contributed by atoms with Gasteiger partial charge in [-0.2, -0.15) is 5.10 Å². The number of aryl methyl sites for hydroxylation is 1. The summed E-state index contributed by atoms with van der Waals surface area (Å²) in [7, 11) is 3.53. The number of carbonyl (C=O) groups excluding carboxylic acids is 1. The molecule has 7 nitrogen and oxygen atoms in total. The van der Waals surface area contributed by atoms with Crippen molar-refractivity contribution in [3.8, 4) is 16.9 Å². The zero-order valence-electron chi connectivity index (χ0n) is 18.3. The summed E-state index contributed by atoms with van der Waals surface area (Å²) in [6.07, 6.45) is 4.27. The van der Waals surface area contributed by atoms with Gasteiger partial charge in [0.2, 0.25) is 0 Å². The van der Waals surface area contributed by atoms with Crippen LogP contribution in [0.1, 0.15) is 29.8 Å². The summed E-state index contributed by atoms with van der Waals surface area (Å²) in [5.41, 5.74) is 5.45. The van der Waals surface area contributed by atoms with Crippen molar-refractivity contribution >= 4 is 23.1 Å². The smallest absolute Gasteiger partial charge is 0.256 e. The number of benzene rings is 2. The largest absolute Gasteiger partial charge is 0.496 e. The number of hydrogen-bond acceptors (Lipinski definition) is 5. The number of aromatic nitrogens is 2. The first-order chi connectivity index (χ1) is 15.0. The van der Waals surface area contributed by atoms with Gasteiger partial charge in [-0.1, -0.05) is 0 Å². The molecule has 160 valence electrons. The van der Waals surface area contributed by atoms with Crippen LogP contribution in [0.5, 0.6) is 5.75 Å². The Balaban J connectivity index is 1.57. The fourth-order valence-corrected chi connectivity index (χ4v) is 3.93. The average molecular weight is 418 g/mol. The van der Waals surface area contributed by atoms with E-state index in [9.17, 15) is 4.79 Å². The van der Waals surface area contributed by atoms with E-state index in [4.69, 9.17) is 9.73 Å². The summed E-state index contributed by atoms with van der Waals surface area (Å²) >= 11 is 0. The lowest BCUT2D eigenvalue weighted by atomic mass is 10.0. The summed E-state index contributed by atoms with van der Waals surface area (Å²) < 4.78 is 7.30. The standard InChI is InChI=1S/C24H27N5O2/c1-5-29(6-2)18-9-7-16(8-10-18)24(30)27-22-13-20-21(31-4)12-11-19(23(20)26-22)17-14-25-28(3)15-17/h7-12,14-15H,5-6,13H2,1-4H3,(H,26,27,30). The second-order valence-corrected chi connectivity index (χ2v) is 7.45. The summed E-state index contributed by atoms with van der Waals surface area (Å²) in [4.78, 5) is 19.8. The molecule has 1 aliphatic heterocycles. The maximum absolute atomic E-state index is 12.8. The SMILES string of the molecule is CCN(CC)c1ccc(C(=O)NC2=Nc3c(-c4cnn(C)c4)ccc(OC)c3C2)cc1. The Morgan fingerprint density at radius 3 is 2.52 bits per heavy atom. The maximum Gasteiger partial charge on any atom is 0.256 e. The van der Waals surface area contributed by atoms with Crippen molar-refractivity contribution in [1.29, 1.82) is 0 Å². The molecule has 3 aromatic rings. The highest BCUT2D eigenvalue weighted by atomic mass is 16.5. The number of ether oxygens (including phenoxy) is 1. The summed E-state index contributed by atoms with van der Waals surface area (Å²) in [5, 5.41) is 7.24. The average Bonchev–Trinajstić information content (AvgIpc) is 3.40. The molecule has 0 spiro atoms. The number of aliphatic imine (C=N–C) groups is 1. The van der Waals surface area contributed by atoms with E-state index < -0.39 is 0 Å². The predicted molar refractivity (Wildman–Crippen MR) is 123 cm³/mol. The Bertz CT molecular complexity index is 1130. The van der Waals surface area contributed by atoms with Crippen molar-refractivity contribution in [2.45, 2.75) is 20.3 Å². The Hall–Kier alpha value is -3.61. The van der Waals surface area contributed by atoms with Gasteiger partial charge in [0.05, 0.1) is 19.0 Å². The number of fused-ring (bicyclic) bond motifs is 1. The predicted octanol–water partition coefficient (Wildman–Crippen LogP) is 3.96. The van der Waals surface area contributed by atoms with Crippen LogP contribution in [-0.2, 0) is 13.5 Å². The number of amidine groups is 1. The van der Waals surface area contributed by atoms with Crippen molar-refractivity contribution in [3.63, 3.8) is 0 Å². The zero-order valence-corrected chi connectivity index (χ0v) is 18.3. The molecule has 1 amide bonds. The number of nitrogens with one attached hydrogen (secondary N) is 1. The third kappa shape index (κ3) is 4.03. The van der Waals surface area contributed by atoms with Crippen LogP contribution in [0.15, 0.2) is 53.8 Å². The number of hydrogen-bond donors (Lipinski definition) is 1. The van der Waals surface area contributed by atoms with Crippen LogP contribution in [0.4, 0.5) is 11.4 Å². The van der Waals surface area contributed by atoms with Gasteiger partial charge in [-0.05, 0) is 50.2 Å². The second kappa shape index (κ2) is 8.63. The van der Waals surface area contributed by atoms with Crippen molar-refractivity contribution in [3.05, 3.63) is 59.9 Å². The molecule has 1 aliphatic rings. The summed E-state index contributed by atoms with van der Waals surface area (Å²) in [6.45, 7) is 6.10. The highest BCUT2D eigenvalue weighted by Crippen LogP contribution is 2.42. The number of amides is 1. The van der Waals surface area contributed by atoms with E-state index in [0.717, 1.165) is 46.9 Å².